The molecule has 13 heteroatoms. The Morgan fingerprint density at radius 1 is 0.614 bits per heavy atom. The SMILES string of the molecule is C.C.Nc1ccc(F)c(F)c1.O=C(Nc1ccc(F)c(F)c1)c1cccc2c1OCC=C2c1ccccn1.O=C(O)c1cccc2c1OCC=C2c1ccccn1. The number of aromatic nitrogens is 2. The summed E-state index contributed by atoms with van der Waals surface area (Å²) < 4.78 is 61.8. The smallest absolute Gasteiger partial charge is 0.339 e. The van der Waals surface area contributed by atoms with Gasteiger partial charge in [0.05, 0.1) is 17.0 Å². The van der Waals surface area contributed by atoms with Crippen LogP contribution in [0.4, 0.5) is 28.9 Å². The van der Waals surface area contributed by atoms with Gasteiger partial charge in [-0.05, 0) is 78.9 Å². The van der Waals surface area contributed by atoms with Crippen LogP contribution in [0.15, 0.2) is 134 Å². The van der Waals surface area contributed by atoms with Crippen LogP contribution >= 0.6 is 0 Å². The lowest BCUT2D eigenvalue weighted by Gasteiger charge is -2.21. The average Bonchev–Trinajstić information content (AvgIpc) is 3.21. The molecule has 0 saturated carbocycles. The molecule has 2 aliphatic heterocycles. The quantitative estimate of drug-likeness (QED) is 0.116. The van der Waals surface area contributed by atoms with Crippen molar-refractivity contribution in [3.63, 3.8) is 0 Å². The Labute approximate surface area is 326 Å². The van der Waals surface area contributed by atoms with Crippen LogP contribution in [0.5, 0.6) is 11.5 Å². The maximum atomic E-state index is 13.4. The fourth-order valence-electron chi connectivity index (χ4n) is 5.61. The molecule has 6 aromatic rings. The number of nitrogen functional groups attached to an aromatic ring is 1. The number of amides is 1. The number of benzene rings is 4. The van der Waals surface area contributed by atoms with E-state index in [9.17, 15) is 32.3 Å². The van der Waals surface area contributed by atoms with Crippen LogP contribution in [-0.4, -0.2) is 40.2 Å². The largest absolute Gasteiger partial charge is 0.488 e. The van der Waals surface area contributed by atoms with Crippen molar-refractivity contribution in [1.82, 2.24) is 9.97 Å². The first-order chi connectivity index (χ1) is 26.6. The van der Waals surface area contributed by atoms with Crippen molar-refractivity contribution in [3.05, 3.63) is 191 Å². The Kier molecular flexibility index (Phi) is 14.4. The number of aromatic carboxylic acids is 1. The van der Waals surface area contributed by atoms with Gasteiger partial charge in [-0.25, -0.2) is 22.4 Å². The maximum Gasteiger partial charge on any atom is 0.339 e. The molecule has 0 saturated heterocycles. The fourth-order valence-corrected chi connectivity index (χ4v) is 5.61. The number of carboxylic acid groups (broad SMARTS) is 1. The van der Waals surface area contributed by atoms with Crippen molar-refractivity contribution in [1.29, 1.82) is 0 Å². The minimum atomic E-state index is -1.03. The van der Waals surface area contributed by atoms with E-state index in [0.29, 0.717) is 30.3 Å². The number of fused-ring (bicyclic) bond motifs is 2. The van der Waals surface area contributed by atoms with Crippen molar-refractivity contribution in [2.24, 2.45) is 0 Å². The highest BCUT2D eigenvalue weighted by molar-refractivity contribution is 6.07. The molecule has 292 valence electrons. The maximum absolute atomic E-state index is 13.4. The molecular weight excluding hydrogens is 740 g/mol. The number of nitrogens with two attached hydrogens (primary N) is 1. The van der Waals surface area contributed by atoms with Gasteiger partial charge in [-0.3, -0.25) is 14.8 Å². The molecule has 2 aromatic heterocycles. The molecule has 2 aliphatic rings. The van der Waals surface area contributed by atoms with Gasteiger partial charge in [-0.1, -0.05) is 51.3 Å². The number of halogens is 4. The third kappa shape index (κ3) is 10.1. The van der Waals surface area contributed by atoms with Crippen LogP contribution in [0.2, 0.25) is 0 Å². The molecular formula is C44H38F4N4O5. The van der Waals surface area contributed by atoms with E-state index in [1.165, 1.54) is 12.1 Å². The molecule has 1 amide bonds. The summed E-state index contributed by atoms with van der Waals surface area (Å²) in [6.45, 7) is 0.650. The lowest BCUT2D eigenvalue weighted by atomic mass is 9.96. The van der Waals surface area contributed by atoms with E-state index >= 15 is 0 Å². The van der Waals surface area contributed by atoms with Crippen LogP contribution < -0.4 is 20.5 Å². The number of carbonyl (C=O) groups is 2. The lowest BCUT2D eigenvalue weighted by Crippen LogP contribution is -2.16. The second-order valence-electron chi connectivity index (χ2n) is 11.7. The number of pyridine rings is 2. The highest BCUT2D eigenvalue weighted by atomic mass is 19.2. The first-order valence-electron chi connectivity index (χ1n) is 16.6. The Balaban J connectivity index is 0.000000209. The van der Waals surface area contributed by atoms with Gasteiger partial charge in [0.1, 0.15) is 30.3 Å². The van der Waals surface area contributed by atoms with E-state index in [4.69, 9.17) is 15.2 Å². The van der Waals surface area contributed by atoms with Gasteiger partial charge in [0.2, 0.25) is 0 Å². The molecule has 0 atom stereocenters. The van der Waals surface area contributed by atoms with E-state index < -0.39 is 35.1 Å². The molecule has 4 N–H and O–H groups in total. The van der Waals surface area contributed by atoms with Crippen LogP contribution in [0.25, 0.3) is 11.1 Å². The van der Waals surface area contributed by atoms with Gasteiger partial charge in [0, 0.05) is 52.1 Å². The minimum absolute atomic E-state index is 0. The number of ether oxygens (including phenoxy) is 2. The van der Waals surface area contributed by atoms with Gasteiger partial charge in [0.25, 0.3) is 5.91 Å². The predicted molar refractivity (Wildman–Crippen MR) is 212 cm³/mol. The Morgan fingerprint density at radius 2 is 1.12 bits per heavy atom. The summed E-state index contributed by atoms with van der Waals surface area (Å²) in [5, 5.41) is 11.8. The molecule has 0 fully saturated rings. The standard InChI is InChI=1S/C21H14F2N2O2.C15H11NO3.C6H5F2N.2CH4/c22-17-8-7-13(12-18(17)23)25-21(26)16-5-3-4-15-14(9-11-27-20(15)16)19-6-1-2-10-24-19;17-15(18)12-5-3-4-11-10(7-9-19-14(11)12)13-6-1-2-8-16-13;7-5-2-1-4(9)3-6(5)8;;/h1-10,12H,11H2,(H,25,26);1-8H,9H2,(H,17,18);1-3H,9H2;2*1H4. The Morgan fingerprint density at radius 3 is 1.60 bits per heavy atom. The number of nitrogens with zero attached hydrogens (tertiary/aromatic N) is 2. The summed E-state index contributed by atoms with van der Waals surface area (Å²) in [5.41, 5.74) is 10.9. The third-order valence-electron chi connectivity index (χ3n) is 8.12. The van der Waals surface area contributed by atoms with Crippen molar-refractivity contribution in [2.75, 3.05) is 24.3 Å². The van der Waals surface area contributed by atoms with Crippen molar-refractivity contribution in [3.8, 4) is 11.5 Å². The van der Waals surface area contributed by atoms with Gasteiger partial charge in [-0.2, -0.15) is 0 Å². The molecule has 0 aliphatic carbocycles. The Hall–Kier alpha value is -7.28. The molecule has 0 spiro atoms. The minimum Gasteiger partial charge on any atom is -0.488 e. The van der Waals surface area contributed by atoms with Crippen molar-refractivity contribution >= 4 is 34.4 Å². The number of hydrogen-bond donors (Lipinski definition) is 3. The summed E-state index contributed by atoms with van der Waals surface area (Å²) in [6.07, 6.45) is 7.23. The van der Waals surface area contributed by atoms with E-state index in [0.717, 1.165) is 57.9 Å². The molecule has 57 heavy (non-hydrogen) atoms. The number of carbonyl (C=O) groups excluding carboxylic acids is 1. The van der Waals surface area contributed by atoms with Crippen LogP contribution in [0.3, 0.4) is 0 Å². The van der Waals surface area contributed by atoms with E-state index in [2.05, 4.69) is 15.3 Å². The number of nitrogens with one attached hydrogen (secondary N) is 1. The topological polar surface area (TPSA) is 137 Å². The summed E-state index contributed by atoms with van der Waals surface area (Å²) in [5.74, 6) is -4.39. The molecule has 9 nitrogen and oxygen atoms in total. The van der Waals surface area contributed by atoms with Gasteiger partial charge < -0.3 is 25.6 Å². The van der Waals surface area contributed by atoms with Crippen molar-refractivity contribution in [2.45, 2.75) is 14.9 Å². The van der Waals surface area contributed by atoms with Gasteiger partial charge in [0.15, 0.2) is 23.3 Å². The van der Waals surface area contributed by atoms with Crippen LogP contribution in [0, 0.1) is 23.3 Å². The lowest BCUT2D eigenvalue weighted by molar-refractivity contribution is 0.0692. The zero-order chi connectivity index (χ0) is 38.9. The Bertz CT molecular complexity index is 2430. The van der Waals surface area contributed by atoms with Crippen molar-refractivity contribution < 1.29 is 41.7 Å². The molecule has 8 rings (SSSR count). The summed E-state index contributed by atoms with van der Waals surface area (Å²) in [7, 11) is 0. The first-order valence-corrected chi connectivity index (χ1v) is 16.6. The van der Waals surface area contributed by atoms with Crippen LogP contribution in [0.1, 0.15) is 58.1 Å². The predicted octanol–water partition coefficient (Wildman–Crippen LogP) is 9.86. The molecule has 4 aromatic carbocycles. The second-order valence-corrected chi connectivity index (χ2v) is 11.7. The number of para-hydroxylation sites is 2. The third-order valence-corrected chi connectivity index (χ3v) is 8.12. The molecule has 4 heterocycles. The zero-order valence-electron chi connectivity index (χ0n) is 28.7. The van der Waals surface area contributed by atoms with E-state index in [1.807, 2.05) is 60.7 Å². The zero-order valence-corrected chi connectivity index (χ0v) is 28.7. The summed E-state index contributed by atoms with van der Waals surface area (Å²) in [6, 6.07) is 28.0. The van der Waals surface area contributed by atoms with Gasteiger partial charge >= 0.3 is 5.97 Å². The first kappa shape index (κ1) is 42.5. The van der Waals surface area contributed by atoms with Gasteiger partial charge in [-0.15, -0.1) is 0 Å². The van der Waals surface area contributed by atoms with E-state index in [1.54, 1.807) is 36.7 Å². The molecule has 0 unspecified atom stereocenters. The highest BCUT2D eigenvalue weighted by Crippen LogP contribution is 2.37. The average molecular weight is 779 g/mol. The molecule has 0 radical (unpaired) electrons. The fraction of sp³-hybridized carbons (Fsp3) is 0.0909. The normalized spacial score (nSPS) is 11.9. The van der Waals surface area contributed by atoms with E-state index in [-0.39, 0.29) is 31.8 Å². The van der Waals surface area contributed by atoms with Crippen LogP contribution in [-0.2, 0) is 0 Å². The number of hydrogen-bond acceptors (Lipinski definition) is 7. The molecule has 0 bridgehead atoms. The number of rotatable bonds is 5. The highest BCUT2D eigenvalue weighted by Gasteiger charge is 2.24. The summed E-state index contributed by atoms with van der Waals surface area (Å²) >= 11 is 0. The monoisotopic (exact) mass is 778 g/mol. The number of anilines is 2. The summed E-state index contributed by atoms with van der Waals surface area (Å²) in [4.78, 5) is 32.5. The second kappa shape index (κ2) is 19.4. The number of carboxylic acids is 1.